The molecule has 0 aromatic carbocycles. The summed E-state index contributed by atoms with van der Waals surface area (Å²) in [5.74, 6) is 1.09. The van der Waals surface area contributed by atoms with Gasteiger partial charge in [-0.05, 0) is 25.8 Å². The third kappa shape index (κ3) is 1.22. The molecule has 0 bridgehead atoms. The van der Waals surface area contributed by atoms with Gasteiger partial charge in [0.1, 0.15) is 0 Å². The van der Waals surface area contributed by atoms with E-state index in [4.69, 9.17) is 4.74 Å². The Morgan fingerprint density at radius 2 is 2.57 bits per heavy atom. The second-order valence-electron chi connectivity index (χ2n) is 1.81. The van der Waals surface area contributed by atoms with Crippen molar-refractivity contribution in [1.29, 1.82) is 0 Å². The summed E-state index contributed by atoms with van der Waals surface area (Å²) in [4.78, 5) is 0. The van der Waals surface area contributed by atoms with E-state index in [2.05, 4.69) is 6.08 Å². The van der Waals surface area contributed by atoms with Crippen molar-refractivity contribution in [2.45, 2.75) is 19.8 Å². The first-order valence-corrected chi connectivity index (χ1v) is 2.69. The van der Waals surface area contributed by atoms with Gasteiger partial charge in [0.15, 0.2) is 0 Å². The summed E-state index contributed by atoms with van der Waals surface area (Å²) < 4.78 is 5.14. The topological polar surface area (TPSA) is 9.23 Å². The summed E-state index contributed by atoms with van der Waals surface area (Å²) >= 11 is 0. The molecule has 1 nitrogen and oxygen atoms in total. The molecule has 0 saturated carbocycles. The van der Waals surface area contributed by atoms with Crippen molar-refractivity contribution in [2.24, 2.45) is 0 Å². The molecule has 1 heteroatoms. The Hall–Kier alpha value is -0.460. The minimum Gasteiger partial charge on any atom is -0.499 e. The van der Waals surface area contributed by atoms with Crippen LogP contribution in [0.15, 0.2) is 11.8 Å². The molecule has 0 aromatic heterocycles. The van der Waals surface area contributed by atoms with Crippen molar-refractivity contribution in [3.05, 3.63) is 11.8 Å². The van der Waals surface area contributed by atoms with E-state index < -0.39 is 0 Å². The molecule has 0 amide bonds. The maximum absolute atomic E-state index is 5.14. The molecule has 1 rings (SSSR count). The van der Waals surface area contributed by atoms with Crippen molar-refractivity contribution < 1.29 is 4.74 Å². The van der Waals surface area contributed by atoms with Crippen molar-refractivity contribution in [2.75, 3.05) is 6.61 Å². The highest BCUT2D eigenvalue weighted by atomic mass is 16.5. The van der Waals surface area contributed by atoms with E-state index in [0.717, 1.165) is 12.4 Å². The lowest BCUT2D eigenvalue weighted by atomic mass is 10.2. The summed E-state index contributed by atoms with van der Waals surface area (Å²) in [7, 11) is 0. The second-order valence-corrected chi connectivity index (χ2v) is 1.81. The van der Waals surface area contributed by atoms with E-state index in [1.165, 1.54) is 12.8 Å². The average molecular weight is 98.1 g/mol. The molecule has 40 valence electrons. The zero-order valence-electron chi connectivity index (χ0n) is 4.61. The van der Waals surface area contributed by atoms with Gasteiger partial charge in [0, 0.05) is 0 Å². The predicted molar refractivity (Wildman–Crippen MR) is 28.9 cm³/mol. The van der Waals surface area contributed by atoms with Gasteiger partial charge in [0.2, 0.25) is 0 Å². The maximum atomic E-state index is 5.14. The Balaban J connectivity index is 2.40. The van der Waals surface area contributed by atoms with Gasteiger partial charge in [-0.3, -0.25) is 0 Å². The smallest absolute Gasteiger partial charge is 0.0889 e. The van der Waals surface area contributed by atoms with Crippen LogP contribution >= 0.6 is 0 Å². The van der Waals surface area contributed by atoms with Gasteiger partial charge in [-0.1, -0.05) is 0 Å². The van der Waals surface area contributed by atoms with Crippen molar-refractivity contribution >= 4 is 0 Å². The van der Waals surface area contributed by atoms with Crippen molar-refractivity contribution in [3.8, 4) is 0 Å². The normalized spacial score (nSPS) is 20.4. The van der Waals surface area contributed by atoms with Crippen molar-refractivity contribution in [3.63, 3.8) is 0 Å². The molecule has 0 fully saturated rings. The summed E-state index contributed by atoms with van der Waals surface area (Å²) in [6, 6.07) is 0. The number of ether oxygens (including phenoxy) is 1. The lowest BCUT2D eigenvalue weighted by molar-refractivity contribution is 0.195. The van der Waals surface area contributed by atoms with E-state index in [-0.39, 0.29) is 0 Å². The first-order chi connectivity index (χ1) is 3.39. The Bertz CT molecular complexity index is 84.2. The minimum absolute atomic E-state index is 0.919. The molecule has 1 heterocycles. The van der Waals surface area contributed by atoms with Crippen LogP contribution in [0.2, 0.25) is 0 Å². The number of hydrogen-bond acceptors (Lipinski definition) is 1. The molecule has 1 aliphatic heterocycles. The summed E-state index contributed by atoms with van der Waals surface area (Å²) in [5.41, 5.74) is 0. The molecule has 7 heavy (non-hydrogen) atoms. The highest BCUT2D eigenvalue weighted by Gasteiger charge is 1.95. The van der Waals surface area contributed by atoms with Crippen molar-refractivity contribution in [1.82, 2.24) is 0 Å². The van der Waals surface area contributed by atoms with Gasteiger partial charge in [-0.2, -0.15) is 0 Å². The van der Waals surface area contributed by atoms with Gasteiger partial charge in [0.05, 0.1) is 12.4 Å². The van der Waals surface area contributed by atoms with Gasteiger partial charge < -0.3 is 4.74 Å². The minimum atomic E-state index is 0.919. The van der Waals surface area contributed by atoms with E-state index in [9.17, 15) is 0 Å². The average Bonchev–Trinajstić information content (AvgIpc) is 1.69. The third-order valence-corrected chi connectivity index (χ3v) is 1.11. The van der Waals surface area contributed by atoms with E-state index in [1.807, 2.05) is 6.92 Å². The summed E-state index contributed by atoms with van der Waals surface area (Å²) in [6.07, 6.45) is 4.52. The monoisotopic (exact) mass is 98.1 g/mol. The Morgan fingerprint density at radius 3 is 2.86 bits per heavy atom. The molecule has 0 aliphatic carbocycles. The van der Waals surface area contributed by atoms with Gasteiger partial charge in [0.25, 0.3) is 0 Å². The molecule has 0 aromatic rings. The summed E-state index contributed by atoms with van der Waals surface area (Å²) in [6.45, 7) is 2.92. The molecule has 0 spiro atoms. The van der Waals surface area contributed by atoms with Crippen LogP contribution < -0.4 is 0 Å². The first kappa shape index (κ1) is 4.69. The quantitative estimate of drug-likeness (QED) is 0.448. The third-order valence-electron chi connectivity index (χ3n) is 1.11. The Labute approximate surface area is 44.0 Å². The number of rotatable bonds is 0. The van der Waals surface area contributed by atoms with Gasteiger partial charge >= 0.3 is 0 Å². The second kappa shape index (κ2) is 2.01. The fraction of sp³-hybridized carbons (Fsp3) is 0.667. The predicted octanol–water partition coefficient (Wildman–Crippen LogP) is 1.70. The molecule has 0 atom stereocenters. The van der Waals surface area contributed by atoms with Crippen LogP contribution in [0.4, 0.5) is 0 Å². The first-order valence-electron chi connectivity index (χ1n) is 2.69. The lowest BCUT2D eigenvalue weighted by Gasteiger charge is -2.09. The van der Waals surface area contributed by atoms with Crippen LogP contribution in [0.3, 0.4) is 0 Å². The Morgan fingerprint density at radius 1 is 1.71 bits per heavy atom. The van der Waals surface area contributed by atoms with E-state index >= 15 is 0 Å². The molecule has 0 unspecified atom stereocenters. The standard InChI is InChI=1S/C6H10O/c1-6-4-2-3-5-7-6/h4H,2-3,5H2,1H3. The van der Waals surface area contributed by atoms with Gasteiger partial charge in [-0.25, -0.2) is 0 Å². The number of allylic oxidation sites excluding steroid dienone is 2. The van der Waals surface area contributed by atoms with Gasteiger partial charge in [-0.15, -0.1) is 0 Å². The van der Waals surface area contributed by atoms with Crippen LogP contribution in [-0.4, -0.2) is 6.61 Å². The molecular weight excluding hydrogens is 88.1 g/mol. The molecule has 0 saturated heterocycles. The molecule has 1 aliphatic rings. The van der Waals surface area contributed by atoms with Crippen LogP contribution in [-0.2, 0) is 4.74 Å². The van der Waals surface area contributed by atoms with Crippen LogP contribution in [0.1, 0.15) is 19.8 Å². The van der Waals surface area contributed by atoms with Crippen LogP contribution in [0.5, 0.6) is 0 Å². The lowest BCUT2D eigenvalue weighted by Crippen LogP contribution is -1.96. The highest BCUT2D eigenvalue weighted by molar-refractivity contribution is 4.90. The van der Waals surface area contributed by atoms with Crippen LogP contribution in [0, 0.1) is 0 Å². The number of hydrogen-bond donors (Lipinski definition) is 0. The Kier molecular flexibility index (Phi) is 1.35. The highest BCUT2D eigenvalue weighted by Crippen LogP contribution is 2.07. The zero-order chi connectivity index (χ0) is 5.11. The van der Waals surface area contributed by atoms with Crippen LogP contribution in [0.25, 0.3) is 0 Å². The maximum Gasteiger partial charge on any atom is 0.0889 e. The SMILES string of the molecule is CC1=CCCCO1. The summed E-state index contributed by atoms with van der Waals surface area (Å²) in [5, 5.41) is 0. The fourth-order valence-corrected chi connectivity index (χ4v) is 0.681. The largest absolute Gasteiger partial charge is 0.499 e. The molecular formula is C6H10O. The molecule has 0 N–H and O–H groups in total. The zero-order valence-corrected chi connectivity index (χ0v) is 4.61. The molecule has 0 radical (unpaired) electrons. The fourth-order valence-electron chi connectivity index (χ4n) is 0.681. The van der Waals surface area contributed by atoms with E-state index in [1.54, 1.807) is 0 Å². The van der Waals surface area contributed by atoms with E-state index in [0.29, 0.717) is 0 Å².